The Kier molecular flexibility index (Phi) is 4.35. The Balaban J connectivity index is 2.19. The van der Waals surface area contributed by atoms with Gasteiger partial charge in [0.1, 0.15) is 11.5 Å². The predicted octanol–water partition coefficient (Wildman–Crippen LogP) is 3.88. The summed E-state index contributed by atoms with van der Waals surface area (Å²) < 4.78 is 5.16. The lowest BCUT2D eigenvalue weighted by molar-refractivity contribution is -0.116. The number of Topliss-reactive ketones (excluding diaryl/α,β-unsaturated/α-hetero) is 1. The van der Waals surface area contributed by atoms with Crippen LogP contribution in [0.25, 0.3) is 11.1 Å². The number of ether oxygens (including phenoxy) is 1. The summed E-state index contributed by atoms with van der Waals surface area (Å²) in [5, 5.41) is 0. The fourth-order valence-electron chi connectivity index (χ4n) is 2.01. The van der Waals surface area contributed by atoms with E-state index in [0.29, 0.717) is 6.42 Å². The molecule has 0 saturated heterocycles. The first-order chi connectivity index (χ1) is 9.19. The summed E-state index contributed by atoms with van der Waals surface area (Å²) in [6.07, 6.45) is 1.41. The second-order valence-corrected chi connectivity index (χ2v) is 4.63. The van der Waals surface area contributed by atoms with E-state index in [0.717, 1.165) is 17.7 Å². The highest BCUT2D eigenvalue weighted by Crippen LogP contribution is 2.23. The van der Waals surface area contributed by atoms with Crippen LogP contribution < -0.4 is 4.74 Å². The molecule has 2 nitrogen and oxygen atoms in total. The van der Waals surface area contributed by atoms with E-state index in [-0.39, 0.29) is 5.78 Å². The Hall–Kier alpha value is -2.09. The first-order valence-electron chi connectivity index (χ1n) is 6.42. The smallest absolute Gasteiger partial charge is 0.130 e. The number of carbonyl (C=O) groups excluding carboxylic acids is 1. The maximum absolute atomic E-state index is 11.0. The summed E-state index contributed by atoms with van der Waals surface area (Å²) >= 11 is 0. The van der Waals surface area contributed by atoms with Gasteiger partial charge in [-0.25, -0.2) is 0 Å². The zero-order valence-electron chi connectivity index (χ0n) is 11.3. The first-order valence-corrected chi connectivity index (χ1v) is 6.42. The van der Waals surface area contributed by atoms with Crippen LogP contribution in [0.2, 0.25) is 0 Å². The molecule has 0 saturated carbocycles. The summed E-state index contributed by atoms with van der Waals surface area (Å²) in [6, 6.07) is 16.3. The van der Waals surface area contributed by atoms with E-state index < -0.39 is 0 Å². The third-order valence-electron chi connectivity index (χ3n) is 3.12. The number of ketones is 1. The zero-order valence-corrected chi connectivity index (χ0v) is 11.3. The van der Waals surface area contributed by atoms with Gasteiger partial charge in [0, 0.05) is 6.42 Å². The lowest BCUT2D eigenvalue weighted by Crippen LogP contribution is -1.94. The fourth-order valence-corrected chi connectivity index (χ4v) is 2.01. The SMILES string of the molecule is COc1ccc(-c2cccc(CCC(C)=O)c2)cc1. The summed E-state index contributed by atoms with van der Waals surface area (Å²) in [6.45, 7) is 1.63. The Labute approximate surface area is 114 Å². The normalized spacial score (nSPS) is 10.2. The number of carbonyl (C=O) groups is 1. The third-order valence-corrected chi connectivity index (χ3v) is 3.12. The molecule has 19 heavy (non-hydrogen) atoms. The number of aryl methyl sites for hydroxylation is 1. The van der Waals surface area contributed by atoms with Crippen LogP contribution in [0.3, 0.4) is 0 Å². The van der Waals surface area contributed by atoms with Crippen LogP contribution in [0, 0.1) is 0 Å². The topological polar surface area (TPSA) is 26.3 Å². The van der Waals surface area contributed by atoms with Crippen LogP contribution in [0.15, 0.2) is 48.5 Å². The minimum Gasteiger partial charge on any atom is -0.497 e. The summed E-state index contributed by atoms with van der Waals surface area (Å²) in [7, 11) is 1.66. The monoisotopic (exact) mass is 254 g/mol. The van der Waals surface area contributed by atoms with Crippen molar-refractivity contribution in [1.29, 1.82) is 0 Å². The van der Waals surface area contributed by atoms with E-state index in [1.165, 1.54) is 11.1 Å². The minimum atomic E-state index is 0.231. The van der Waals surface area contributed by atoms with E-state index in [1.807, 2.05) is 30.3 Å². The van der Waals surface area contributed by atoms with Gasteiger partial charge in [0.2, 0.25) is 0 Å². The predicted molar refractivity (Wildman–Crippen MR) is 77.4 cm³/mol. The molecule has 0 fully saturated rings. The van der Waals surface area contributed by atoms with E-state index in [1.54, 1.807) is 14.0 Å². The van der Waals surface area contributed by atoms with E-state index in [4.69, 9.17) is 4.74 Å². The van der Waals surface area contributed by atoms with Gasteiger partial charge in [0.25, 0.3) is 0 Å². The molecule has 0 aliphatic rings. The van der Waals surface area contributed by atoms with Crippen molar-refractivity contribution in [1.82, 2.24) is 0 Å². The average Bonchev–Trinajstić information content (AvgIpc) is 2.45. The van der Waals surface area contributed by atoms with E-state index in [9.17, 15) is 4.79 Å². The highest BCUT2D eigenvalue weighted by Gasteiger charge is 2.01. The van der Waals surface area contributed by atoms with Crippen molar-refractivity contribution in [2.75, 3.05) is 7.11 Å². The Morgan fingerprint density at radius 2 is 1.79 bits per heavy atom. The average molecular weight is 254 g/mol. The van der Waals surface area contributed by atoms with Crippen LogP contribution in [0.4, 0.5) is 0 Å². The van der Waals surface area contributed by atoms with E-state index in [2.05, 4.69) is 18.2 Å². The lowest BCUT2D eigenvalue weighted by Gasteiger charge is -2.06. The van der Waals surface area contributed by atoms with Crippen molar-refractivity contribution in [3.8, 4) is 16.9 Å². The molecular formula is C17H18O2. The van der Waals surface area contributed by atoms with Crippen molar-refractivity contribution in [3.63, 3.8) is 0 Å². The molecule has 0 unspecified atom stereocenters. The fraction of sp³-hybridized carbons (Fsp3) is 0.235. The Morgan fingerprint density at radius 1 is 1.05 bits per heavy atom. The van der Waals surface area contributed by atoms with Gasteiger partial charge in [-0.15, -0.1) is 0 Å². The molecule has 2 heteroatoms. The molecule has 0 amide bonds. The number of hydrogen-bond acceptors (Lipinski definition) is 2. The largest absolute Gasteiger partial charge is 0.497 e. The third kappa shape index (κ3) is 3.68. The molecule has 0 spiro atoms. The van der Waals surface area contributed by atoms with Crippen molar-refractivity contribution in [2.24, 2.45) is 0 Å². The van der Waals surface area contributed by atoms with Crippen molar-refractivity contribution in [2.45, 2.75) is 19.8 Å². The number of rotatable bonds is 5. The van der Waals surface area contributed by atoms with Gasteiger partial charge in [0.15, 0.2) is 0 Å². The maximum atomic E-state index is 11.0. The number of hydrogen-bond donors (Lipinski definition) is 0. The molecule has 0 bridgehead atoms. The number of methoxy groups -OCH3 is 1. The molecule has 2 rings (SSSR count). The second-order valence-electron chi connectivity index (χ2n) is 4.63. The standard InChI is InChI=1S/C17H18O2/c1-13(18)6-7-14-4-3-5-16(12-14)15-8-10-17(19-2)11-9-15/h3-5,8-12H,6-7H2,1-2H3. The van der Waals surface area contributed by atoms with Crippen LogP contribution in [0.1, 0.15) is 18.9 Å². The van der Waals surface area contributed by atoms with Gasteiger partial charge < -0.3 is 9.53 Å². The molecule has 98 valence electrons. The Morgan fingerprint density at radius 3 is 2.42 bits per heavy atom. The van der Waals surface area contributed by atoms with Crippen molar-refractivity contribution in [3.05, 3.63) is 54.1 Å². The molecule has 0 aliphatic heterocycles. The highest BCUT2D eigenvalue weighted by molar-refractivity contribution is 5.75. The van der Waals surface area contributed by atoms with Crippen LogP contribution in [-0.2, 0) is 11.2 Å². The molecule has 2 aromatic carbocycles. The van der Waals surface area contributed by atoms with Crippen molar-refractivity contribution < 1.29 is 9.53 Å². The summed E-state index contributed by atoms with van der Waals surface area (Å²) in [4.78, 5) is 11.0. The van der Waals surface area contributed by atoms with Gasteiger partial charge in [-0.3, -0.25) is 0 Å². The van der Waals surface area contributed by atoms with Crippen molar-refractivity contribution >= 4 is 5.78 Å². The highest BCUT2D eigenvalue weighted by atomic mass is 16.5. The van der Waals surface area contributed by atoms with Gasteiger partial charge in [0.05, 0.1) is 7.11 Å². The maximum Gasteiger partial charge on any atom is 0.130 e. The Bertz CT molecular complexity index is 556. The molecule has 0 atom stereocenters. The van der Waals surface area contributed by atoms with E-state index >= 15 is 0 Å². The summed E-state index contributed by atoms with van der Waals surface area (Å²) in [5.74, 6) is 1.09. The van der Waals surface area contributed by atoms with Gasteiger partial charge >= 0.3 is 0 Å². The molecule has 0 heterocycles. The van der Waals surface area contributed by atoms with Gasteiger partial charge in [-0.2, -0.15) is 0 Å². The molecular weight excluding hydrogens is 236 g/mol. The molecule has 2 aromatic rings. The number of benzene rings is 2. The van der Waals surface area contributed by atoms with Gasteiger partial charge in [-0.1, -0.05) is 36.4 Å². The van der Waals surface area contributed by atoms with Crippen LogP contribution >= 0.6 is 0 Å². The molecule has 0 aromatic heterocycles. The first kappa shape index (κ1) is 13.3. The second kappa shape index (κ2) is 6.19. The zero-order chi connectivity index (χ0) is 13.7. The molecule has 0 aliphatic carbocycles. The van der Waals surface area contributed by atoms with Crippen LogP contribution in [-0.4, -0.2) is 12.9 Å². The minimum absolute atomic E-state index is 0.231. The quantitative estimate of drug-likeness (QED) is 0.809. The van der Waals surface area contributed by atoms with Crippen LogP contribution in [0.5, 0.6) is 5.75 Å². The lowest BCUT2D eigenvalue weighted by atomic mass is 10.0. The molecule has 0 radical (unpaired) electrons. The van der Waals surface area contributed by atoms with Gasteiger partial charge in [-0.05, 0) is 42.2 Å². The molecule has 0 N–H and O–H groups in total. The summed E-state index contributed by atoms with van der Waals surface area (Å²) in [5.41, 5.74) is 3.53.